The van der Waals surface area contributed by atoms with Gasteiger partial charge in [0.25, 0.3) is 0 Å². The molecule has 0 spiro atoms. The Labute approximate surface area is 173 Å². The first kappa shape index (κ1) is 21.0. The molecule has 5 nitrogen and oxygen atoms in total. The van der Waals surface area contributed by atoms with Gasteiger partial charge in [-0.1, -0.05) is 39.3 Å². The van der Waals surface area contributed by atoms with Crippen LogP contribution in [0, 0.1) is 5.41 Å². The Morgan fingerprint density at radius 3 is 2.52 bits per heavy atom. The third kappa shape index (κ3) is 4.66. The van der Waals surface area contributed by atoms with E-state index in [4.69, 9.17) is 9.47 Å². The number of rotatable bonds is 8. The van der Waals surface area contributed by atoms with Crippen molar-refractivity contribution in [2.75, 3.05) is 13.2 Å². The van der Waals surface area contributed by atoms with Crippen LogP contribution in [0.1, 0.15) is 57.7 Å². The molecule has 2 N–H and O–H groups in total. The van der Waals surface area contributed by atoms with E-state index in [2.05, 4.69) is 44.3 Å². The number of carbonyl (C=O) groups is 1. The third-order valence-electron chi connectivity index (χ3n) is 5.48. The Kier molecular flexibility index (Phi) is 6.36. The van der Waals surface area contributed by atoms with Crippen molar-refractivity contribution in [3.05, 3.63) is 47.5 Å². The van der Waals surface area contributed by atoms with Gasteiger partial charge in [-0.15, -0.1) is 0 Å². The number of unbranched alkanes of at least 4 members (excludes halogenated alkanes) is 1. The molecule has 1 amide bonds. The summed E-state index contributed by atoms with van der Waals surface area (Å²) in [5, 5.41) is 12.0. The number of hydrogen-bond donors (Lipinski definition) is 2. The lowest BCUT2D eigenvalue weighted by molar-refractivity contribution is 0.175. The van der Waals surface area contributed by atoms with E-state index < -0.39 is 6.09 Å². The first-order chi connectivity index (χ1) is 13.9. The summed E-state index contributed by atoms with van der Waals surface area (Å²) >= 11 is 0. The van der Waals surface area contributed by atoms with E-state index in [1.807, 2.05) is 25.1 Å². The van der Waals surface area contributed by atoms with E-state index in [0.717, 1.165) is 59.6 Å². The number of benzene rings is 2. The Morgan fingerprint density at radius 1 is 1.17 bits per heavy atom. The molecule has 1 aliphatic carbocycles. The normalized spacial score (nSPS) is 16.9. The van der Waals surface area contributed by atoms with Crippen molar-refractivity contribution in [2.24, 2.45) is 5.41 Å². The highest BCUT2D eigenvalue weighted by Gasteiger charge is 2.40. The zero-order valence-corrected chi connectivity index (χ0v) is 17.7. The molecule has 0 fully saturated rings. The number of fused-ring (bicyclic) bond motifs is 1. The van der Waals surface area contributed by atoms with Crippen LogP contribution in [-0.4, -0.2) is 24.4 Å². The van der Waals surface area contributed by atoms with Crippen molar-refractivity contribution in [1.82, 2.24) is 5.32 Å². The molecule has 0 radical (unpaired) electrons. The summed E-state index contributed by atoms with van der Waals surface area (Å²) in [6, 6.07) is 12.0. The molecular weight excluding hydrogens is 366 g/mol. The summed E-state index contributed by atoms with van der Waals surface area (Å²) in [6.07, 6.45) is 1.96. The average molecular weight is 398 g/mol. The maximum absolute atomic E-state index is 11.3. The fourth-order valence-corrected chi connectivity index (χ4v) is 4.04. The lowest BCUT2D eigenvalue weighted by Crippen LogP contribution is -2.34. The highest BCUT2D eigenvalue weighted by Crippen LogP contribution is 2.48. The first-order valence-corrected chi connectivity index (χ1v) is 10.4. The quantitative estimate of drug-likeness (QED) is 0.551. The van der Waals surface area contributed by atoms with Gasteiger partial charge in [-0.3, -0.25) is 0 Å². The number of carboxylic acid groups (broad SMARTS) is 1. The molecule has 0 bridgehead atoms. The lowest BCUT2D eigenvalue weighted by atomic mass is 9.85. The van der Waals surface area contributed by atoms with Crippen molar-refractivity contribution in [2.45, 2.75) is 53.0 Å². The SMILES string of the molecule is CCCCOc1ccc(-c2cc3c(cc2OCC)[C@H](NC(=O)O)C(C)(C)C3)cc1. The van der Waals surface area contributed by atoms with Gasteiger partial charge in [0.15, 0.2) is 0 Å². The van der Waals surface area contributed by atoms with Gasteiger partial charge < -0.3 is 19.9 Å². The smallest absolute Gasteiger partial charge is 0.405 e. The minimum Gasteiger partial charge on any atom is -0.494 e. The minimum atomic E-state index is -1.00. The van der Waals surface area contributed by atoms with Crippen LogP contribution in [0.4, 0.5) is 4.79 Å². The maximum Gasteiger partial charge on any atom is 0.405 e. The summed E-state index contributed by atoms with van der Waals surface area (Å²) < 4.78 is 11.7. The second kappa shape index (κ2) is 8.76. The summed E-state index contributed by atoms with van der Waals surface area (Å²) in [5.41, 5.74) is 4.06. The Hall–Kier alpha value is -2.69. The van der Waals surface area contributed by atoms with Crippen LogP contribution >= 0.6 is 0 Å². The van der Waals surface area contributed by atoms with Crippen LogP contribution in [0.3, 0.4) is 0 Å². The molecule has 1 aliphatic rings. The standard InChI is InChI=1S/C24H31NO4/c1-5-7-12-29-18-10-8-16(9-11-18)19-13-17-15-24(3,4)22(25-23(26)27)20(17)14-21(19)28-6-2/h8-11,13-14,22,25H,5-7,12,15H2,1-4H3,(H,26,27)/t22-/m0/s1. The molecule has 29 heavy (non-hydrogen) atoms. The van der Waals surface area contributed by atoms with Gasteiger partial charge in [-0.25, -0.2) is 4.79 Å². The van der Waals surface area contributed by atoms with Crippen molar-refractivity contribution < 1.29 is 19.4 Å². The fraction of sp³-hybridized carbons (Fsp3) is 0.458. The summed E-state index contributed by atoms with van der Waals surface area (Å²) in [6.45, 7) is 9.56. The van der Waals surface area contributed by atoms with E-state index in [-0.39, 0.29) is 11.5 Å². The van der Waals surface area contributed by atoms with E-state index in [1.54, 1.807) is 0 Å². The highest BCUT2D eigenvalue weighted by atomic mass is 16.5. The molecular formula is C24H31NO4. The number of hydrogen-bond acceptors (Lipinski definition) is 3. The van der Waals surface area contributed by atoms with Crippen molar-refractivity contribution in [3.63, 3.8) is 0 Å². The molecule has 0 unspecified atom stereocenters. The Bertz CT molecular complexity index is 858. The highest BCUT2D eigenvalue weighted by molar-refractivity contribution is 5.74. The van der Waals surface area contributed by atoms with Crippen LogP contribution < -0.4 is 14.8 Å². The fourth-order valence-electron chi connectivity index (χ4n) is 4.04. The molecule has 0 aromatic heterocycles. The van der Waals surface area contributed by atoms with Crippen LogP contribution in [0.15, 0.2) is 36.4 Å². The third-order valence-corrected chi connectivity index (χ3v) is 5.48. The van der Waals surface area contributed by atoms with Crippen molar-refractivity contribution >= 4 is 6.09 Å². The predicted molar refractivity (Wildman–Crippen MR) is 115 cm³/mol. The molecule has 156 valence electrons. The summed E-state index contributed by atoms with van der Waals surface area (Å²) in [4.78, 5) is 11.3. The molecule has 0 aliphatic heterocycles. The van der Waals surface area contributed by atoms with Crippen LogP contribution in [0.2, 0.25) is 0 Å². The number of amides is 1. The molecule has 0 heterocycles. The number of ether oxygens (including phenoxy) is 2. The van der Waals surface area contributed by atoms with Gasteiger partial charge in [0.05, 0.1) is 19.3 Å². The van der Waals surface area contributed by atoms with Gasteiger partial charge in [0, 0.05) is 5.56 Å². The largest absolute Gasteiger partial charge is 0.494 e. The molecule has 2 aromatic rings. The van der Waals surface area contributed by atoms with Crippen molar-refractivity contribution in [3.8, 4) is 22.6 Å². The van der Waals surface area contributed by atoms with Crippen LogP contribution in [0.5, 0.6) is 11.5 Å². The zero-order valence-electron chi connectivity index (χ0n) is 17.7. The molecule has 3 rings (SSSR count). The van der Waals surface area contributed by atoms with Gasteiger partial charge in [0.1, 0.15) is 11.5 Å². The second-order valence-electron chi connectivity index (χ2n) is 8.25. The van der Waals surface area contributed by atoms with Crippen molar-refractivity contribution in [1.29, 1.82) is 0 Å². The minimum absolute atomic E-state index is 0.195. The van der Waals surface area contributed by atoms with Crippen LogP contribution in [-0.2, 0) is 6.42 Å². The van der Waals surface area contributed by atoms with Gasteiger partial charge in [-0.05, 0) is 66.1 Å². The lowest BCUT2D eigenvalue weighted by Gasteiger charge is -2.27. The molecule has 1 atom stereocenters. The number of nitrogens with one attached hydrogen (secondary N) is 1. The maximum atomic E-state index is 11.3. The summed E-state index contributed by atoms with van der Waals surface area (Å²) in [5.74, 6) is 1.65. The first-order valence-electron chi connectivity index (χ1n) is 10.4. The van der Waals surface area contributed by atoms with Gasteiger partial charge >= 0.3 is 6.09 Å². The average Bonchev–Trinajstić information content (AvgIpc) is 2.91. The van der Waals surface area contributed by atoms with Gasteiger partial charge in [-0.2, -0.15) is 0 Å². The van der Waals surface area contributed by atoms with E-state index in [1.165, 1.54) is 0 Å². The van der Waals surface area contributed by atoms with E-state index >= 15 is 0 Å². The molecule has 5 heteroatoms. The Morgan fingerprint density at radius 2 is 1.90 bits per heavy atom. The van der Waals surface area contributed by atoms with Gasteiger partial charge in [0.2, 0.25) is 0 Å². The second-order valence-corrected chi connectivity index (χ2v) is 8.25. The molecule has 0 saturated heterocycles. The topological polar surface area (TPSA) is 67.8 Å². The van der Waals surface area contributed by atoms with E-state index in [0.29, 0.717) is 6.61 Å². The monoisotopic (exact) mass is 397 g/mol. The Balaban J connectivity index is 1.95. The zero-order chi connectivity index (χ0) is 21.0. The predicted octanol–water partition coefficient (Wildman–Crippen LogP) is 5.82. The van der Waals surface area contributed by atoms with E-state index in [9.17, 15) is 9.90 Å². The summed E-state index contributed by atoms with van der Waals surface area (Å²) in [7, 11) is 0. The van der Waals surface area contributed by atoms with Crippen LogP contribution in [0.25, 0.3) is 11.1 Å². The molecule has 0 saturated carbocycles. The molecule has 2 aromatic carbocycles.